The Morgan fingerprint density at radius 2 is 1.81 bits per heavy atom. The van der Waals surface area contributed by atoms with E-state index in [0.29, 0.717) is 22.4 Å². The van der Waals surface area contributed by atoms with Crippen LogP contribution >= 0.6 is 11.6 Å². The summed E-state index contributed by atoms with van der Waals surface area (Å²) in [7, 11) is 3.10. The van der Waals surface area contributed by atoms with Crippen LogP contribution in [-0.2, 0) is 11.4 Å². The number of ether oxygens (including phenoxy) is 1. The van der Waals surface area contributed by atoms with Crippen LogP contribution < -0.4 is 4.74 Å². The van der Waals surface area contributed by atoms with Crippen LogP contribution in [0.15, 0.2) is 54.6 Å². The molecule has 2 aromatic rings. The number of hydrogen-bond acceptors (Lipinski definition) is 3. The van der Waals surface area contributed by atoms with Gasteiger partial charge in [0, 0.05) is 31.4 Å². The highest BCUT2D eigenvalue weighted by atomic mass is 35.5. The van der Waals surface area contributed by atoms with Crippen LogP contribution in [0.25, 0.3) is 5.70 Å². The lowest BCUT2D eigenvalue weighted by atomic mass is 10.1. The van der Waals surface area contributed by atoms with Crippen LogP contribution in [0.4, 0.5) is 13.2 Å². The van der Waals surface area contributed by atoms with E-state index < -0.39 is 12.0 Å². The van der Waals surface area contributed by atoms with Crippen molar-refractivity contribution >= 4 is 23.1 Å². The molecule has 0 N–H and O–H groups in total. The maximum Gasteiger partial charge on any atom is 0.454 e. The third kappa shape index (κ3) is 5.26. The van der Waals surface area contributed by atoms with Gasteiger partial charge in [0.1, 0.15) is 12.4 Å². The Kier molecular flexibility index (Phi) is 6.32. The molecule has 0 bridgehead atoms. The summed E-state index contributed by atoms with van der Waals surface area (Å²) < 4.78 is 43.4. The summed E-state index contributed by atoms with van der Waals surface area (Å²) in [6.45, 7) is 0.256. The van der Waals surface area contributed by atoms with Crippen LogP contribution in [0.5, 0.6) is 5.75 Å². The fourth-order valence-electron chi connectivity index (χ4n) is 2.19. The van der Waals surface area contributed by atoms with E-state index in [9.17, 15) is 18.0 Å². The van der Waals surface area contributed by atoms with Crippen molar-refractivity contribution in [3.8, 4) is 5.75 Å². The molecule has 7 heteroatoms. The van der Waals surface area contributed by atoms with Crippen molar-refractivity contribution in [2.45, 2.75) is 12.8 Å². The standard InChI is InChI=1S/C19H17ClF3NO2/c1-24(2)16(11-18(25)19(21,22)23)14-8-9-15(20)17(10-14)26-12-13-6-4-3-5-7-13/h3-11H,12H2,1-2H3. The van der Waals surface area contributed by atoms with Crippen molar-refractivity contribution in [2.24, 2.45) is 0 Å². The molecule has 0 aromatic heterocycles. The van der Waals surface area contributed by atoms with Gasteiger partial charge in [0.2, 0.25) is 0 Å². The van der Waals surface area contributed by atoms with Crippen molar-refractivity contribution in [3.63, 3.8) is 0 Å². The number of carbonyl (C=O) groups is 1. The van der Waals surface area contributed by atoms with Crippen LogP contribution in [0.2, 0.25) is 5.02 Å². The second kappa shape index (κ2) is 8.27. The molecule has 0 heterocycles. The summed E-state index contributed by atoms with van der Waals surface area (Å²) in [6.07, 6.45) is -4.37. The van der Waals surface area contributed by atoms with Gasteiger partial charge < -0.3 is 9.64 Å². The van der Waals surface area contributed by atoms with E-state index in [1.165, 1.54) is 23.1 Å². The van der Waals surface area contributed by atoms with Gasteiger partial charge in [-0.15, -0.1) is 0 Å². The van der Waals surface area contributed by atoms with Crippen LogP contribution in [0, 0.1) is 0 Å². The zero-order valence-corrected chi connectivity index (χ0v) is 14.9. The third-order valence-corrected chi connectivity index (χ3v) is 3.81. The molecular weight excluding hydrogens is 367 g/mol. The Morgan fingerprint density at radius 3 is 2.38 bits per heavy atom. The quantitative estimate of drug-likeness (QED) is 0.661. The summed E-state index contributed by atoms with van der Waals surface area (Å²) >= 11 is 6.12. The fraction of sp³-hybridized carbons (Fsp3) is 0.211. The first-order chi connectivity index (χ1) is 12.2. The number of allylic oxidation sites excluding steroid dienone is 1. The van der Waals surface area contributed by atoms with E-state index in [4.69, 9.17) is 16.3 Å². The number of alkyl halides is 3. The van der Waals surface area contributed by atoms with Crippen LogP contribution in [0.1, 0.15) is 11.1 Å². The van der Waals surface area contributed by atoms with E-state index in [2.05, 4.69) is 0 Å². The molecule has 0 aliphatic carbocycles. The van der Waals surface area contributed by atoms with E-state index in [0.717, 1.165) is 5.56 Å². The third-order valence-electron chi connectivity index (χ3n) is 3.49. The predicted octanol–water partition coefficient (Wildman–Crippen LogP) is 4.95. The van der Waals surface area contributed by atoms with Crippen molar-refractivity contribution in [1.29, 1.82) is 0 Å². The number of halogens is 4. The second-order valence-electron chi connectivity index (χ2n) is 5.71. The topological polar surface area (TPSA) is 29.5 Å². The zero-order valence-electron chi connectivity index (χ0n) is 14.2. The Morgan fingerprint density at radius 1 is 1.15 bits per heavy atom. The van der Waals surface area contributed by atoms with Crippen molar-refractivity contribution in [1.82, 2.24) is 4.90 Å². The number of rotatable bonds is 6. The van der Waals surface area contributed by atoms with Gasteiger partial charge in [-0.3, -0.25) is 4.79 Å². The van der Waals surface area contributed by atoms with Gasteiger partial charge in [0.15, 0.2) is 0 Å². The molecule has 0 radical (unpaired) electrons. The van der Waals surface area contributed by atoms with E-state index in [-0.39, 0.29) is 12.3 Å². The van der Waals surface area contributed by atoms with Gasteiger partial charge in [-0.2, -0.15) is 13.2 Å². The highest BCUT2D eigenvalue weighted by molar-refractivity contribution is 6.32. The highest BCUT2D eigenvalue weighted by Crippen LogP contribution is 2.30. The molecule has 0 atom stereocenters. The largest absolute Gasteiger partial charge is 0.487 e. The lowest BCUT2D eigenvalue weighted by Crippen LogP contribution is -2.22. The minimum atomic E-state index is -4.93. The summed E-state index contributed by atoms with van der Waals surface area (Å²) in [4.78, 5) is 12.8. The molecule has 3 nitrogen and oxygen atoms in total. The fourth-order valence-corrected chi connectivity index (χ4v) is 2.36. The molecule has 0 fully saturated rings. The molecule has 26 heavy (non-hydrogen) atoms. The minimum absolute atomic E-state index is 0.105. The smallest absolute Gasteiger partial charge is 0.454 e. The molecule has 2 rings (SSSR count). The molecule has 2 aromatic carbocycles. The summed E-state index contributed by atoms with van der Waals surface area (Å²) in [5, 5.41) is 0.324. The van der Waals surface area contributed by atoms with E-state index in [1.807, 2.05) is 30.3 Å². The highest BCUT2D eigenvalue weighted by Gasteiger charge is 2.37. The SMILES string of the molecule is CN(C)C(=CC(=O)C(F)(F)F)c1ccc(Cl)c(OCc2ccccc2)c1. The molecule has 0 spiro atoms. The zero-order chi connectivity index (χ0) is 19.3. The van der Waals surface area contributed by atoms with Crippen LogP contribution in [0.3, 0.4) is 0 Å². The van der Waals surface area contributed by atoms with Crippen LogP contribution in [-0.4, -0.2) is 31.0 Å². The van der Waals surface area contributed by atoms with E-state index in [1.54, 1.807) is 14.1 Å². The predicted molar refractivity (Wildman–Crippen MR) is 95.0 cm³/mol. The Labute approximate surface area is 154 Å². The average molecular weight is 384 g/mol. The number of ketones is 1. The lowest BCUT2D eigenvalue weighted by Gasteiger charge is -2.19. The van der Waals surface area contributed by atoms with E-state index >= 15 is 0 Å². The van der Waals surface area contributed by atoms with Crippen molar-refractivity contribution in [2.75, 3.05) is 14.1 Å². The molecule has 138 valence electrons. The molecule has 0 saturated carbocycles. The first-order valence-corrected chi connectivity index (χ1v) is 8.03. The number of benzene rings is 2. The average Bonchev–Trinajstić information content (AvgIpc) is 2.58. The number of carbonyl (C=O) groups excluding carboxylic acids is 1. The first kappa shape index (κ1) is 19.8. The van der Waals surface area contributed by atoms with Gasteiger partial charge in [-0.05, 0) is 17.7 Å². The summed E-state index contributed by atoms with van der Waals surface area (Å²) in [5.74, 6) is -1.61. The van der Waals surface area contributed by atoms with Gasteiger partial charge in [0.05, 0.1) is 5.02 Å². The monoisotopic (exact) mass is 383 g/mol. The molecule has 0 unspecified atom stereocenters. The number of nitrogens with zero attached hydrogens (tertiary/aromatic N) is 1. The molecule has 0 saturated heterocycles. The number of hydrogen-bond donors (Lipinski definition) is 0. The first-order valence-electron chi connectivity index (χ1n) is 7.65. The molecule has 0 aliphatic rings. The maximum absolute atomic E-state index is 12.6. The maximum atomic E-state index is 12.6. The van der Waals surface area contributed by atoms with Gasteiger partial charge >= 0.3 is 6.18 Å². The molecular formula is C19H17ClF3NO2. The van der Waals surface area contributed by atoms with Gasteiger partial charge in [-0.1, -0.05) is 48.0 Å². The lowest BCUT2D eigenvalue weighted by molar-refractivity contribution is -0.165. The minimum Gasteiger partial charge on any atom is -0.487 e. The Hall–Kier alpha value is -2.47. The normalized spacial score (nSPS) is 12.0. The summed E-state index contributed by atoms with van der Waals surface area (Å²) in [6, 6.07) is 13.9. The van der Waals surface area contributed by atoms with Gasteiger partial charge in [-0.25, -0.2) is 0 Å². The molecule has 0 amide bonds. The Balaban J connectivity index is 2.30. The Bertz CT molecular complexity index is 802. The van der Waals surface area contributed by atoms with Crippen molar-refractivity contribution < 1.29 is 22.7 Å². The summed E-state index contributed by atoms with van der Waals surface area (Å²) in [5.41, 5.74) is 1.42. The van der Waals surface area contributed by atoms with Gasteiger partial charge in [0.25, 0.3) is 5.78 Å². The molecule has 0 aliphatic heterocycles. The second-order valence-corrected chi connectivity index (χ2v) is 6.11. The van der Waals surface area contributed by atoms with Crippen molar-refractivity contribution in [3.05, 3.63) is 70.8 Å².